The molecule has 2 heterocycles. The molecule has 2 aliphatic rings. The van der Waals surface area contributed by atoms with Gasteiger partial charge in [-0.1, -0.05) is 17.7 Å². The van der Waals surface area contributed by atoms with Crippen LogP contribution in [0.5, 0.6) is 0 Å². The van der Waals surface area contributed by atoms with Gasteiger partial charge in [0.2, 0.25) is 5.91 Å². The van der Waals surface area contributed by atoms with Crippen LogP contribution in [0.2, 0.25) is 5.02 Å². The topological polar surface area (TPSA) is 52.7 Å². The maximum Gasteiger partial charge on any atom is 0.322 e. The van der Waals surface area contributed by atoms with E-state index in [9.17, 15) is 9.59 Å². The van der Waals surface area contributed by atoms with Gasteiger partial charge in [-0.3, -0.25) is 4.79 Å². The van der Waals surface area contributed by atoms with Crippen LogP contribution in [0.1, 0.15) is 37.7 Å². The Hall–Kier alpha value is -1.75. The van der Waals surface area contributed by atoms with Crippen molar-refractivity contribution in [1.29, 1.82) is 0 Å². The number of piperidine rings is 1. The average molecular weight is 350 g/mol. The predicted molar refractivity (Wildman–Crippen MR) is 95.4 cm³/mol. The van der Waals surface area contributed by atoms with Gasteiger partial charge in [-0.25, -0.2) is 4.79 Å². The third-order valence-corrected chi connectivity index (χ3v) is 5.17. The number of amides is 3. The van der Waals surface area contributed by atoms with Gasteiger partial charge in [-0.15, -0.1) is 0 Å². The lowest BCUT2D eigenvalue weighted by molar-refractivity contribution is -0.128. The molecule has 0 aromatic heterocycles. The molecule has 1 aromatic carbocycles. The third kappa shape index (κ3) is 3.83. The Bertz CT molecular complexity index is 635. The van der Waals surface area contributed by atoms with Crippen molar-refractivity contribution >= 4 is 29.2 Å². The highest BCUT2D eigenvalue weighted by molar-refractivity contribution is 6.33. The second-order valence-electron chi connectivity index (χ2n) is 6.70. The number of hydrogen-bond donors (Lipinski definition) is 1. The van der Waals surface area contributed by atoms with E-state index in [1.165, 1.54) is 0 Å². The van der Waals surface area contributed by atoms with Crippen molar-refractivity contribution in [2.45, 2.75) is 45.1 Å². The molecule has 0 spiro atoms. The maximum absolute atomic E-state index is 12.7. The molecule has 3 rings (SSSR count). The number of aryl methyl sites for hydroxylation is 1. The van der Waals surface area contributed by atoms with Gasteiger partial charge in [0.25, 0.3) is 0 Å². The molecule has 3 amide bonds. The van der Waals surface area contributed by atoms with E-state index in [1.807, 2.05) is 34.9 Å². The van der Waals surface area contributed by atoms with Crippen LogP contribution >= 0.6 is 11.6 Å². The average Bonchev–Trinajstić information content (AvgIpc) is 2.95. The van der Waals surface area contributed by atoms with E-state index in [0.717, 1.165) is 44.3 Å². The van der Waals surface area contributed by atoms with E-state index in [-0.39, 0.29) is 18.0 Å². The molecule has 1 atom stereocenters. The van der Waals surface area contributed by atoms with Crippen LogP contribution in [0.3, 0.4) is 0 Å². The Balaban J connectivity index is 1.67. The van der Waals surface area contributed by atoms with E-state index >= 15 is 0 Å². The smallest absolute Gasteiger partial charge is 0.322 e. The van der Waals surface area contributed by atoms with Crippen molar-refractivity contribution in [1.82, 2.24) is 9.80 Å². The Morgan fingerprint density at radius 1 is 1.29 bits per heavy atom. The molecule has 0 bridgehead atoms. The van der Waals surface area contributed by atoms with E-state index < -0.39 is 0 Å². The summed E-state index contributed by atoms with van der Waals surface area (Å²) >= 11 is 6.22. The molecule has 2 saturated heterocycles. The summed E-state index contributed by atoms with van der Waals surface area (Å²) in [6, 6.07) is 5.56. The first-order chi connectivity index (χ1) is 11.5. The molecule has 1 N–H and O–H groups in total. The van der Waals surface area contributed by atoms with E-state index in [2.05, 4.69) is 5.32 Å². The van der Waals surface area contributed by atoms with Crippen LogP contribution in [0.4, 0.5) is 10.5 Å². The third-order valence-electron chi connectivity index (χ3n) is 4.86. The first-order valence-corrected chi connectivity index (χ1v) is 9.04. The fraction of sp³-hybridized carbons (Fsp3) is 0.556. The van der Waals surface area contributed by atoms with E-state index in [0.29, 0.717) is 23.7 Å². The van der Waals surface area contributed by atoms with Crippen LogP contribution in [-0.4, -0.2) is 47.4 Å². The van der Waals surface area contributed by atoms with Crippen molar-refractivity contribution in [2.24, 2.45) is 0 Å². The molecule has 130 valence electrons. The van der Waals surface area contributed by atoms with Crippen molar-refractivity contribution in [3.05, 3.63) is 28.8 Å². The Kier molecular flexibility index (Phi) is 5.29. The van der Waals surface area contributed by atoms with Crippen molar-refractivity contribution < 1.29 is 9.59 Å². The molecule has 2 fully saturated rings. The van der Waals surface area contributed by atoms with Crippen molar-refractivity contribution in [3.63, 3.8) is 0 Å². The summed E-state index contributed by atoms with van der Waals surface area (Å²) in [5.74, 6) is 0.211. The molecular formula is C18H24ClN3O2. The van der Waals surface area contributed by atoms with Crippen LogP contribution < -0.4 is 5.32 Å². The highest BCUT2D eigenvalue weighted by Gasteiger charge is 2.31. The summed E-state index contributed by atoms with van der Waals surface area (Å²) in [6.07, 6.45) is 4.61. The summed E-state index contributed by atoms with van der Waals surface area (Å²) < 4.78 is 0. The summed E-state index contributed by atoms with van der Waals surface area (Å²) in [4.78, 5) is 28.4. The van der Waals surface area contributed by atoms with Crippen LogP contribution in [0, 0.1) is 6.92 Å². The molecule has 5 nitrogen and oxygen atoms in total. The SMILES string of the molecule is Cc1ccc(NC(=O)N2CCCC[C@@H]2CN2CCCC2=O)c(Cl)c1. The van der Waals surface area contributed by atoms with Gasteiger partial charge in [-0.2, -0.15) is 0 Å². The van der Waals surface area contributed by atoms with Gasteiger partial charge >= 0.3 is 6.03 Å². The number of carbonyl (C=O) groups excluding carboxylic acids is 2. The predicted octanol–water partition coefficient (Wildman–Crippen LogP) is 3.66. The molecule has 0 radical (unpaired) electrons. The van der Waals surface area contributed by atoms with Gasteiger partial charge in [0, 0.05) is 26.1 Å². The second-order valence-corrected chi connectivity index (χ2v) is 7.11. The molecule has 2 aliphatic heterocycles. The zero-order valence-corrected chi connectivity index (χ0v) is 14.8. The lowest BCUT2D eigenvalue weighted by Gasteiger charge is -2.37. The molecule has 0 aliphatic carbocycles. The summed E-state index contributed by atoms with van der Waals surface area (Å²) in [7, 11) is 0. The van der Waals surface area contributed by atoms with Crippen LogP contribution in [-0.2, 0) is 4.79 Å². The number of nitrogens with zero attached hydrogens (tertiary/aromatic N) is 2. The zero-order valence-electron chi connectivity index (χ0n) is 14.1. The Morgan fingerprint density at radius 3 is 2.83 bits per heavy atom. The molecule has 0 unspecified atom stereocenters. The molecule has 1 aromatic rings. The van der Waals surface area contributed by atoms with Gasteiger partial charge < -0.3 is 15.1 Å². The van der Waals surface area contributed by atoms with Gasteiger partial charge in [0.05, 0.1) is 16.8 Å². The van der Waals surface area contributed by atoms with Crippen LogP contribution in [0.25, 0.3) is 0 Å². The molecule has 24 heavy (non-hydrogen) atoms. The minimum absolute atomic E-state index is 0.0880. The summed E-state index contributed by atoms with van der Waals surface area (Å²) in [5, 5.41) is 3.47. The van der Waals surface area contributed by atoms with Gasteiger partial charge in [0.15, 0.2) is 0 Å². The van der Waals surface area contributed by atoms with Crippen molar-refractivity contribution in [2.75, 3.05) is 25.0 Å². The number of anilines is 1. The number of rotatable bonds is 3. The first kappa shape index (κ1) is 17.1. The standard InChI is InChI=1S/C18H24ClN3O2/c1-13-7-8-16(15(19)11-13)20-18(24)22-10-3-2-5-14(22)12-21-9-4-6-17(21)23/h7-8,11,14H,2-6,9-10,12H2,1H3,(H,20,24)/t14-/m1/s1. The van der Waals surface area contributed by atoms with Crippen molar-refractivity contribution in [3.8, 4) is 0 Å². The molecule has 6 heteroatoms. The zero-order chi connectivity index (χ0) is 17.1. The fourth-order valence-electron chi connectivity index (χ4n) is 3.52. The Morgan fingerprint density at radius 2 is 2.12 bits per heavy atom. The lowest BCUT2D eigenvalue weighted by Crippen LogP contribution is -2.51. The maximum atomic E-state index is 12.7. The molecular weight excluding hydrogens is 326 g/mol. The van der Waals surface area contributed by atoms with E-state index in [1.54, 1.807) is 0 Å². The molecule has 0 saturated carbocycles. The monoisotopic (exact) mass is 349 g/mol. The number of urea groups is 1. The van der Waals surface area contributed by atoms with E-state index in [4.69, 9.17) is 11.6 Å². The number of halogens is 1. The highest BCUT2D eigenvalue weighted by Crippen LogP contribution is 2.25. The highest BCUT2D eigenvalue weighted by atomic mass is 35.5. The fourth-order valence-corrected chi connectivity index (χ4v) is 3.80. The van der Waals surface area contributed by atoms with Crippen LogP contribution in [0.15, 0.2) is 18.2 Å². The second kappa shape index (κ2) is 7.43. The number of benzene rings is 1. The number of carbonyl (C=O) groups is 2. The minimum atomic E-state index is -0.128. The Labute approximate surface area is 147 Å². The van der Waals surface area contributed by atoms with Gasteiger partial charge in [0.1, 0.15) is 0 Å². The number of hydrogen-bond acceptors (Lipinski definition) is 2. The number of nitrogens with one attached hydrogen (secondary N) is 1. The normalized spacial score (nSPS) is 21.2. The van der Waals surface area contributed by atoms with Gasteiger partial charge in [-0.05, 0) is 50.3 Å². The quantitative estimate of drug-likeness (QED) is 0.905. The first-order valence-electron chi connectivity index (χ1n) is 8.66. The summed E-state index contributed by atoms with van der Waals surface area (Å²) in [5.41, 5.74) is 1.69. The summed E-state index contributed by atoms with van der Waals surface area (Å²) in [6.45, 7) is 4.15. The largest absolute Gasteiger partial charge is 0.341 e. The minimum Gasteiger partial charge on any atom is -0.341 e. The number of likely N-dealkylation sites (tertiary alicyclic amines) is 2. The lowest BCUT2D eigenvalue weighted by atomic mass is 10.0.